The van der Waals surface area contributed by atoms with Crippen molar-refractivity contribution < 1.29 is 9.53 Å². The van der Waals surface area contributed by atoms with Crippen molar-refractivity contribution in [1.82, 2.24) is 4.98 Å². The number of rotatable bonds is 2. The van der Waals surface area contributed by atoms with E-state index in [2.05, 4.69) is 4.98 Å². The van der Waals surface area contributed by atoms with Gasteiger partial charge in [0.1, 0.15) is 0 Å². The summed E-state index contributed by atoms with van der Waals surface area (Å²) in [4.78, 5) is 16.0. The van der Waals surface area contributed by atoms with Crippen LogP contribution in [-0.4, -0.2) is 17.4 Å². The van der Waals surface area contributed by atoms with E-state index in [1.54, 1.807) is 18.5 Å². The number of nitrogens with zero attached hydrogens (tertiary/aromatic N) is 1. The van der Waals surface area contributed by atoms with Crippen molar-refractivity contribution >= 4 is 5.78 Å². The summed E-state index contributed by atoms with van der Waals surface area (Å²) in [6.45, 7) is 2.61. The molecule has 15 heavy (non-hydrogen) atoms. The number of ketones is 1. The predicted octanol–water partition coefficient (Wildman–Crippen LogP) is 2.27. The summed E-state index contributed by atoms with van der Waals surface area (Å²) in [5.74, 6) is 0.0298. The van der Waals surface area contributed by atoms with E-state index < -0.39 is 0 Å². The van der Waals surface area contributed by atoms with E-state index in [-0.39, 0.29) is 5.78 Å². The Balaban J connectivity index is 2.20. The van der Waals surface area contributed by atoms with Gasteiger partial charge in [0, 0.05) is 23.0 Å². The highest BCUT2D eigenvalue weighted by Gasteiger charge is 2.15. The van der Waals surface area contributed by atoms with E-state index >= 15 is 0 Å². The molecule has 0 amide bonds. The van der Waals surface area contributed by atoms with Gasteiger partial charge in [0.2, 0.25) is 0 Å². The van der Waals surface area contributed by atoms with Gasteiger partial charge >= 0.3 is 0 Å². The first-order valence-corrected chi connectivity index (χ1v) is 5.05. The molecule has 0 saturated carbocycles. The second-order valence-corrected chi connectivity index (χ2v) is 3.63. The molecule has 0 radical (unpaired) electrons. The Hall–Kier alpha value is -1.64. The monoisotopic (exact) mass is 203 g/mol. The number of hydrogen-bond donors (Lipinski definition) is 0. The first kappa shape index (κ1) is 9.90. The smallest absolute Gasteiger partial charge is 0.193 e. The third-order valence-corrected chi connectivity index (χ3v) is 2.40. The second-order valence-electron chi connectivity index (χ2n) is 3.63. The standard InChI is InChI=1S/C12H13NO2/c1-9-4-5-10(7-13-9)12(14)11-3-2-6-15-8-11/h4-5,7-8H,2-3,6H2,1H3. The van der Waals surface area contributed by atoms with Crippen LogP contribution in [0.2, 0.25) is 0 Å². The van der Waals surface area contributed by atoms with Crippen molar-refractivity contribution in [3.63, 3.8) is 0 Å². The number of pyridine rings is 1. The van der Waals surface area contributed by atoms with Crippen molar-refractivity contribution in [3.8, 4) is 0 Å². The largest absolute Gasteiger partial charge is 0.501 e. The first-order chi connectivity index (χ1) is 7.27. The van der Waals surface area contributed by atoms with Gasteiger partial charge in [0.15, 0.2) is 5.78 Å². The molecule has 3 heteroatoms. The van der Waals surface area contributed by atoms with Gasteiger partial charge < -0.3 is 4.74 Å². The highest BCUT2D eigenvalue weighted by atomic mass is 16.5. The summed E-state index contributed by atoms with van der Waals surface area (Å²) in [7, 11) is 0. The van der Waals surface area contributed by atoms with Crippen LogP contribution in [0.1, 0.15) is 28.9 Å². The molecule has 0 atom stereocenters. The SMILES string of the molecule is Cc1ccc(C(=O)C2=COCCC2)cn1. The van der Waals surface area contributed by atoms with Crippen LogP contribution >= 0.6 is 0 Å². The van der Waals surface area contributed by atoms with E-state index in [1.807, 2.05) is 13.0 Å². The topological polar surface area (TPSA) is 39.2 Å². The van der Waals surface area contributed by atoms with E-state index in [1.165, 1.54) is 0 Å². The van der Waals surface area contributed by atoms with Gasteiger partial charge in [-0.1, -0.05) is 0 Å². The fraction of sp³-hybridized carbons (Fsp3) is 0.333. The molecular formula is C12H13NO2. The van der Waals surface area contributed by atoms with E-state index in [0.717, 1.165) is 24.1 Å². The van der Waals surface area contributed by atoms with Crippen LogP contribution in [0.5, 0.6) is 0 Å². The molecular weight excluding hydrogens is 190 g/mol. The van der Waals surface area contributed by atoms with Crippen molar-refractivity contribution in [2.24, 2.45) is 0 Å². The van der Waals surface area contributed by atoms with Crippen LogP contribution in [0.15, 0.2) is 30.2 Å². The second kappa shape index (κ2) is 4.26. The number of carbonyl (C=O) groups excluding carboxylic acids is 1. The van der Waals surface area contributed by atoms with Gasteiger partial charge in [-0.2, -0.15) is 0 Å². The Labute approximate surface area is 88.8 Å². The summed E-state index contributed by atoms with van der Waals surface area (Å²) in [5.41, 5.74) is 2.30. The maximum atomic E-state index is 11.9. The van der Waals surface area contributed by atoms with Gasteiger partial charge in [0.25, 0.3) is 0 Å². The minimum atomic E-state index is 0.0298. The highest BCUT2D eigenvalue weighted by molar-refractivity contribution is 6.08. The number of carbonyl (C=O) groups is 1. The Kier molecular flexibility index (Phi) is 2.81. The zero-order chi connectivity index (χ0) is 10.7. The molecule has 78 valence electrons. The van der Waals surface area contributed by atoms with Crippen molar-refractivity contribution in [3.05, 3.63) is 41.4 Å². The number of ether oxygens (including phenoxy) is 1. The number of Topliss-reactive ketones (excluding diaryl/α,β-unsaturated/α-hetero) is 1. The van der Waals surface area contributed by atoms with Gasteiger partial charge in [-0.25, -0.2) is 0 Å². The van der Waals surface area contributed by atoms with Gasteiger partial charge in [0.05, 0.1) is 12.9 Å². The van der Waals surface area contributed by atoms with Gasteiger partial charge in [-0.05, 0) is 31.9 Å². The lowest BCUT2D eigenvalue weighted by Crippen LogP contribution is -2.09. The minimum absolute atomic E-state index is 0.0298. The van der Waals surface area contributed by atoms with E-state index in [4.69, 9.17) is 4.74 Å². The fourth-order valence-corrected chi connectivity index (χ4v) is 1.52. The average molecular weight is 203 g/mol. The number of hydrogen-bond acceptors (Lipinski definition) is 3. The van der Waals surface area contributed by atoms with Gasteiger partial charge in [-0.3, -0.25) is 9.78 Å². The predicted molar refractivity (Wildman–Crippen MR) is 56.6 cm³/mol. The van der Waals surface area contributed by atoms with Gasteiger partial charge in [-0.15, -0.1) is 0 Å². The van der Waals surface area contributed by atoms with Crippen LogP contribution in [0.25, 0.3) is 0 Å². The molecule has 1 aliphatic heterocycles. The molecule has 0 unspecified atom stereocenters. The quantitative estimate of drug-likeness (QED) is 0.692. The Morgan fingerprint density at radius 3 is 2.93 bits per heavy atom. The van der Waals surface area contributed by atoms with Crippen molar-refractivity contribution in [2.45, 2.75) is 19.8 Å². The summed E-state index contributed by atoms with van der Waals surface area (Å²) < 4.78 is 5.15. The highest BCUT2D eigenvalue weighted by Crippen LogP contribution is 2.16. The summed E-state index contributed by atoms with van der Waals surface area (Å²) >= 11 is 0. The lowest BCUT2D eigenvalue weighted by Gasteiger charge is -2.12. The third kappa shape index (κ3) is 2.24. The molecule has 0 saturated heterocycles. The molecule has 1 aliphatic rings. The summed E-state index contributed by atoms with van der Waals surface area (Å²) in [6.07, 6.45) is 4.91. The third-order valence-electron chi connectivity index (χ3n) is 2.40. The molecule has 0 aromatic carbocycles. The first-order valence-electron chi connectivity index (χ1n) is 5.05. The van der Waals surface area contributed by atoms with E-state index in [0.29, 0.717) is 12.2 Å². The van der Waals surface area contributed by atoms with Crippen LogP contribution in [0, 0.1) is 6.92 Å². The lowest BCUT2D eigenvalue weighted by atomic mass is 10.0. The molecule has 1 aromatic heterocycles. The molecule has 2 heterocycles. The maximum absolute atomic E-state index is 11.9. The van der Waals surface area contributed by atoms with Crippen LogP contribution in [-0.2, 0) is 4.74 Å². The van der Waals surface area contributed by atoms with E-state index in [9.17, 15) is 4.79 Å². The van der Waals surface area contributed by atoms with Crippen LogP contribution < -0.4 is 0 Å². The molecule has 1 aromatic rings. The molecule has 2 rings (SSSR count). The summed E-state index contributed by atoms with van der Waals surface area (Å²) in [6, 6.07) is 3.65. The number of aromatic nitrogens is 1. The van der Waals surface area contributed by atoms with Crippen LogP contribution in [0.4, 0.5) is 0 Å². The molecule has 0 fully saturated rings. The minimum Gasteiger partial charge on any atom is -0.501 e. The maximum Gasteiger partial charge on any atom is 0.193 e. The molecule has 0 N–H and O–H groups in total. The zero-order valence-electron chi connectivity index (χ0n) is 8.69. The van der Waals surface area contributed by atoms with Crippen LogP contribution in [0.3, 0.4) is 0 Å². The number of allylic oxidation sites excluding steroid dienone is 1. The Morgan fingerprint density at radius 1 is 1.47 bits per heavy atom. The zero-order valence-corrected chi connectivity index (χ0v) is 8.69. The number of aryl methyl sites for hydroxylation is 1. The Bertz CT molecular complexity index is 393. The molecule has 3 nitrogen and oxygen atoms in total. The normalized spacial score (nSPS) is 15.4. The van der Waals surface area contributed by atoms with Crippen molar-refractivity contribution in [1.29, 1.82) is 0 Å². The molecule has 0 bridgehead atoms. The Morgan fingerprint density at radius 2 is 2.33 bits per heavy atom. The average Bonchev–Trinajstić information content (AvgIpc) is 2.30. The fourth-order valence-electron chi connectivity index (χ4n) is 1.52. The lowest BCUT2D eigenvalue weighted by molar-refractivity contribution is 0.101. The molecule has 0 aliphatic carbocycles. The molecule has 0 spiro atoms. The van der Waals surface area contributed by atoms with Crippen molar-refractivity contribution in [2.75, 3.05) is 6.61 Å². The summed E-state index contributed by atoms with van der Waals surface area (Å²) in [5, 5.41) is 0.